The van der Waals surface area contributed by atoms with Crippen molar-refractivity contribution in [2.45, 2.75) is 101 Å². The van der Waals surface area contributed by atoms with Crippen molar-refractivity contribution < 1.29 is 24.2 Å². The number of thioether (sulfide) groups is 1. The molecule has 4 rings (SSSR count). The van der Waals surface area contributed by atoms with Crippen LogP contribution in [0.25, 0.3) is 0 Å². The van der Waals surface area contributed by atoms with Crippen molar-refractivity contribution in [2.75, 3.05) is 5.75 Å². The molecule has 194 valence electrons. The molecule has 1 fully saturated rings. The van der Waals surface area contributed by atoms with Crippen LogP contribution in [0.3, 0.4) is 0 Å². The first-order chi connectivity index (χ1) is 17.0. The van der Waals surface area contributed by atoms with Crippen LogP contribution in [0.15, 0.2) is 47.4 Å². The summed E-state index contributed by atoms with van der Waals surface area (Å²) >= 11 is 1.63. The van der Waals surface area contributed by atoms with E-state index in [1.807, 2.05) is 38.1 Å². The zero-order valence-electron chi connectivity index (χ0n) is 21.9. The highest BCUT2D eigenvalue weighted by Gasteiger charge is 2.47. The largest absolute Gasteiger partial charge is 0.481 e. The van der Waals surface area contributed by atoms with E-state index in [1.54, 1.807) is 25.6 Å². The molecule has 1 N–H and O–H groups in total. The minimum absolute atomic E-state index is 0.0475. The van der Waals surface area contributed by atoms with Gasteiger partial charge in [-0.05, 0) is 107 Å². The molecule has 0 amide bonds. The Labute approximate surface area is 219 Å². The molecule has 2 aromatic carbocycles. The number of carbonyl (C=O) groups excluding carboxylic acids is 1. The first kappa shape index (κ1) is 26.7. The Balaban J connectivity index is 1.36. The zero-order chi connectivity index (χ0) is 26.0. The lowest BCUT2D eigenvalue weighted by atomic mass is 9.64. The molecule has 0 aromatic heterocycles. The molecule has 0 heterocycles. The Bertz CT molecular complexity index is 1100. The molecule has 36 heavy (non-hydrogen) atoms. The molecular weight excluding hydrogens is 472 g/mol. The van der Waals surface area contributed by atoms with E-state index in [2.05, 4.69) is 18.2 Å². The summed E-state index contributed by atoms with van der Waals surface area (Å²) in [4.78, 5) is 25.5. The molecule has 0 bridgehead atoms. The minimum Gasteiger partial charge on any atom is -0.481 e. The summed E-state index contributed by atoms with van der Waals surface area (Å²) in [6.07, 6.45) is 7.39. The topological polar surface area (TPSA) is 72.8 Å². The molecule has 0 aliphatic heterocycles. The van der Waals surface area contributed by atoms with Crippen LogP contribution in [-0.2, 0) is 32.6 Å². The van der Waals surface area contributed by atoms with Gasteiger partial charge in [0.05, 0.1) is 23.0 Å². The fraction of sp³-hybridized carbons (Fsp3) is 0.533. The van der Waals surface area contributed by atoms with Gasteiger partial charge in [0.15, 0.2) is 0 Å². The quantitative estimate of drug-likeness (QED) is 0.217. The Hall–Kier alpha value is -2.31. The summed E-state index contributed by atoms with van der Waals surface area (Å²) in [7, 11) is 0. The minimum atomic E-state index is -0.871. The summed E-state index contributed by atoms with van der Waals surface area (Å²) in [5, 5.41) is 9.10. The van der Waals surface area contributed by atoms with Crippen LogP contribution in [0, 0.1) is 0 Å². The normalized spacial score (nSPS) is 17.1. The fourth-order valence-electron chi connectivity index (χ4n) is 5.42. The Morgan fingerprint density at radius 2 is 1.58 bits per heavy atom. The maximum absolute atomic E-state index is 13.4. The summed E-state index contributed by atoms with van der Waals surface area (Å²) < 4.78 is 12.0. The highest BCUT2D eigenvalue weighted by Crippen LogP contribution is 2.46. The third-order valence-electron chi connectivity index (χ3n) is 7.25. The van der Waals surface area contributed by atoms with Gasteiger partial charge in [0.25, 0.3) is 0 Å². The van der Waals surface area contributed by atoms with Gasteiger partial charge in [0.2, 0.25) is 0 Å². The number of benzene rings is 2. The highest BCUT2D eigenvalue weighted by atomic mass is 32.2. The Morgan fingerprint density at radius 3 is 2.19 bits per heavy atom. The second kappa shape index (κ2) is 10.6. The number of fused-ring (bicyclic) bond motifs is 1. The average molecular weight is 511 g/mol. The molecule has 0 atom stereocenters. The smallest absolute Gasteiger partial charge is 0.321 e. The predicted molar refractivity (Wildman–Crippen MR) is 143 cm³/mol. The number of ether oxygens (including phenoxy) is 2. The Kier molecular flexibility index (Phi) is 7.86. The number of hydrogen-bond acceptors (Lipinski definition) is 5. The molecule has 0 radical (unpaired) electrons. The SMILES string of the molecule is CC(C)(CSc1ccc(OC(=O)C2(c3ccc4c(c3)CCCC4)CCC2)cc1)OC(C)(C)CC(=O)O. The lowest BCUT2D eigenvalue weighted by Gasteiger charge is -2.40. The molecular formula is C30H38O5S. The monoisotopic (exact) mass is 510 g/mol. The van der Waals surface area contributed by atoms with Crippen LogP contribution in [0.1, 0.15) is 82.9 Å². The van der Waals surface area contributed by atoms with Gasteiger partial charge in [-0.2, -0.15) is 0 Å². The molecule has 0 unspecified atom stereocenters. The van der Waals surface area contributed by atoms with E-state index in [-0.39, 0.29) is 12.4 Å². The van der Waals surface area contributed by atoms with Gasteiger partial charge in [-0.1, -0.05) is 24.6 Å². The van der Waals surface area contributed by atoms with Crippen molar-refractivity contribution in [3.63, 3.8) is 0 Å². The van der Waals surface area contributed by atoms with Crippen molar-refractivity contribution in [3.8, 4) is 5.75 Å². The Morgan fingerprint density at radius 1 is 0.917 bits per heavy atom. The second-order valence-corrected chi connectivity index (χ2v) is 12.5. The molecule has 0 spiro atoms. The number of rotatable bonds is 10. The number of hydrogen-bond donors (Lipinski definition) is 1. The van der Waals surface area contributed by atoms with Gasteiger partial charge in [-0.3, -0.25) is 9.59 Å². The molecule has 2 aliphatic rings. The van der Waals surface area contributed by atoms with Crippen LogP contribution < -0.4 is 4.74 Å². The van der Waals surface area contributed by atoms with E-state index in [0.29, 0.717) is 11.5 Å². The summed E-state index contributed by atoms with van der Waals surface area (Å²) in [6, 6.07) is 14.2. The van der Waals surface area contributed by atoms with E-state index in [0.717, 1.165) is 42.6 Å². The summed E-state index contributed by atoms with van der Waals surface area (Å²) in [5.41, 5.74) is 2.17. The van der Waals surface area contributed by atoms with Gasteiger partial charge in [-0.15, -0.1) is 11.8 Å². The first-order valence-corrected chi connectivity index (χ1v) is 14.0. The van der Waals surface area contributed by atoms with Gasteiger partial charge in [0.1, 0.15) is 5.75 Å². The van der Waals surface area contributed by atoms with E-state index in [4.69, 9.17) is 14.6 Å². The standard InChI is InChI=1S/C30H38O5S/c1-28(2,19-26(31)32)35-29(3,4)20-36-25-14-12-24(13-15-25)34-27(33)30(16-7-17-30)23-11-10-21-8-5-6-9-22(21)18-23/h10-15,18H,5-9,16-17,19-20H2,1-4H3,(H,31,32). The van der Waals surface area contributed by atoms with Crippen molar-refractivity contribution in [1.29, 1.82) is 0 Å². The number of carbonyl (C=O) groups is 2. The van der Waals surface area contributed by atoms with Crippen LogP contribution in [-0.4, -0.2) is 34.0 Å². The number of aryl methyl sites for hydroxylation is 2. The molecule has 2 aliphatic carbocycles. The van der Waals surface area contributed by atoms with Crippen LogP contribution >= 0.6 is 11.8 Å². The number of carboxylic acid groups (broad SMARTS) is 1. The van der Waals surface area contributed by atoms with Crippen molar-refractivity contribution in [3.05, 3.63) is 59.2 Å². The van der Waals surface area contributed by atoms with E-state index < -0.39 is 22.6 Å². The zero-order valence-corrected chi connectivity index (χ0v) is 22.7. The van der Waals surface area contributed by atoms with E-state index in [9.17, 15) is 9.59 Å². The fourth-order valence-corrected chi connectivity index (χ4v) is 6.32. The van der Waals surface area contributed by atoms with Gasteiger partial charge < -0.3 is 14.6 Å². The lowest BCUT2D eigenvalue weighted by Crippen LogP contribution is -2.45. The summed E-state index contributed by atoms with van der Waals surface area (Å²) in [5.74, 6) is 0.201. The third-order valence-corrected chi connectivity index (χ3v) is 8.69. The van der Waals surface area contributed by atoms with Gasteiger partial charge in [0, 0.05) is 10.6 Å². The molecule has 2 aromatic rings. The van der Waals surface area contributed by atoms with Crippen LogP contribution in [0.4, 0.5) is 0 Å². The third kappa shape index (κ3) is 6.33. The average Bonchev–Trinajstić information content (AvgIpc) is 2.76. The second-order valence-electron chi connectivity index (χ2n) is 11.5. The number of carboxylic acids is 1. The summed E-state index contributed by atoms with van der Waals surface area (Å²) in [6.45, 7) is 7.54. The van der Waals surface area contributed by atoms with E-state index >= 15 is 0 Å². The predicted octanol–water partition coefficient (Wildman–Crippen LogP) is 6.73. The molecule has 6 heteroatoms. The van der Waals surface area contributed by atoms with Crippen molar-refractivity contribution in [2.24, 2.45) is 0 Å². The maximum atomic E-state index is 13.4. The van der Waals surface area contributed by atoms with Crippen molar-refractivity contribution in [1.82, 2.24) is 0 Å². The van der Waals surface area contributed by atoms with Crippen LogP contribution in [0.5, 0.6) is 5.75 Å². The van der Waals surface area contributed by atoms with E-state index in [1.165, 1.54) is 24.0 Å². The number of aliphatic carboxylic acids is 1. The van der Waals surface area contributed by atoms with Crippen LogP contribution in [0.2, 0.25) is 0 Å². The number of esters is 1. The maximum Gasteiger partial charge on any atom is 0.321 e. The molecule has 5 nitrogen and oxygen atoms in total. The molecule has 0 saturated heterocycles. The molecule has 1 saturated carbocycles. The van der Waals surface area contributed by atoms with Gasteiger partial charge in [-0.25, -0.2) is 0 Å². The first-order valence-electron chi connectivity index (χ1n) is 13.0. The van der Waals surface area contributed by atoms with Crippen molar-refractivity contribution >= 4 is 23.7 Å². The highest BCUT2D eigenvalue weighted by molar-refractivity contribution is 7.99. The van der Waals surface area contributed by atoms with Gasteiger partial charge >= 0.3 is 11.9 Å². The lowest BCUT2D eigenvalue weighted by molar-refractivity contribution is -0.153.